The molecule has 0 aliphatic rings. The fraction of sp³-hybridized carbons (Fsp3) is 0.300. The molecule has 0 bridgehead atoms. The van der Waals surface area contributed by atoms with Gasteiger partial charge in [-0.25, -0.2) is 9.59 Å². The van der Waals surface area contributed by atoms with Gasteiger partial charge in [-0.1, -0.05) is 6.92 Å². The van der Waals surface area contributed by atoms with Crippen LogP contribution in [0.1, 0.15) is 12.5 Å². The molecule has 0 saturated carbocycles. The van der Waals surface area contributed by atoms with Crippen LogP contribution in [0.3, 0.4) is 0 Å². The van der Waals surface area contributed by atoms with Crippen molar-refractivity contribution in [2.24, 2.45) is 7.05 Å². The summed E-state index contributed by atoms with van der Waals surface area (Å²) in [4.78, 5) is 36.3. The average molecular weight is 222 g/mol. The number of aryl methyl sites for hydroxylation is 2. The largest absolute Gasteiger partial charge is 0.405 e. The molecule has 6 heteroatoms. The lowest BCUT2D eigenvalue weighted by Gasteiger charge is -2.04. The lowest BCUT2D eigenvalue weighted by molar-refractivity contribution is 0.523. The molecule has 0 aromatic carbocycles. The van der Waals surface area contributed by atoms with Crippen molar-refractivity contribution in [1.82, 2.24) is 9.55 Å². The van der Waals surface area contributed by atoms with E-state index in [0.29, 0.717) is 12.0 Å². The lowest BCUT2D eigenvalue weighted by Crippen LogP contribution is -2.29. The average Bonchev–Trinajstić information content (AvgIpc) is 2.24. The van der Waals surface area contributed by atoms with Crippen molar-refractivity contribution in [2.45, 2.75) is 13.3 Å². The molecule has 0 aliphatic heterocycles. The minimum Gasteiger partial charge on any atom is -0.405 e. The zero-order valence-corrected chi connectivity index (χ0v) is 8.86. The van der Waals surface area contributed by atoms with Gasteiger partial charge >= 0.3 is 11.3 Å². The smallest absolute Gasteiger partial charge is 0.337 e. The molecule has 0 radical (unpaired) electrons. The monoisotopic (exact) mass is 222 g/mol. The molecule has 6 nitrogen and oxygen atoms in total. The van der Waals surface area contributed by atoms with Crippen molar-refractivity contribution >= 4 is 11.1 Å². The van der Waals surface area contributed by atoms with E-state index in [4.69, 9.17) is 4.42 Å². The van der Waals surface area contributed by atoms with Crippen LogP contribution >= 0.6 is 0 Å². The quantitative estimate of drug-likeness (QED) is 0.720. The van der Waals surface area contributed by atoms with Gasteiger partial charge in [0.05, 0.1) is 0 Å². The van der Waals surface area contributed by atoms with Gasteiger partial charge in [-0.15, -0.1) is 0 Å². The van der Waals surface area contributed by atoms with Gasteiger partial charge in [0.25, 0.3) is 5.56 Å². The van der Waals surface area contributed by atoms with Gasteiger partial charge in [-0.2, -0.15) is 0 Å². The first-order chi connectivity index (χ1) is 7.54. The number of hydrogen-bond donors (Lipinski definition) is 1. The standard InChI is InChI=1S/C10H10N2O4/c1-3-5-4-6(13)16-9-7(5)8(14)11-10(15)12(9)2/h4H,3H2,1-2H3,(H,11,14,15). The van der Waals surface area contributed by atoms with Crippen LogP contribution in [-0.4, -0.2) is 9.55 Å². The fourth-order valence-electron chi connectivity index (χ4n) is 1.62. The maximum atomic E-state index is 11.6. The minimum atomic E-state index is -0.603. The first kappa shape index (κ1) is 10.4. The second-order valence-electron chi connectivity index (χ2n) is 3.44. The lowest BCUT2D eigenvalue weighted by atomic mass is 10.1. The van der Waals surface area contributed by atoms with E-state index in [1.165, 1.54) is 13.1 Å². The Hall–Kier alpha value is -2.11. The number of hydrogen-bond acceptors (Lipinski definition) is 4. The Balaban J connectivity index is 3.17. The number of aromatic amines is 1. The molecule has 84 valence electrons. The summed E-state index contributed by atoms with van der Waals surface area (Å²) in [6.45, 7) is 1.82. The molecule has 0 unspecified atom stereocenters. The summed E-state index contributed by atoms with van der Waals surface area (Å²) in [5, 5.41) is 0.254. The SMILES string of the molecule is CCc1cc(=O)oc2c1c(=O)[nH]c(=O)n2C. The van der Waals surface area contributed by atoms with E-state index < -0.39 is 16.9 Å². The molecule has 0 amide bonds. The second-order valence-corrected chi connectivity index (χ2v) is 3.44. The highest BCUT2D eigenvalue weighted by Crippen LogP contribution is 2.10. The summed E-state index contributed by atoms with van der Waals surface area (Å²) in [5.74, 6) is 0. The van der Waals surface area contributed by atoms with E-state index in [1.807, 2.05) is 6.92 Å². The third-order valence-electron chi connectivity index (χ3n) is 2.46. The van der Waals surface area contributed by atoms with E-state index in [2.05, 4.69) is 4.98 Å². The summed E-state index contributed by atoms with van der Waals surface area (Å²) in [7, 11) is 1.43. The van der Waals surface area contributed by atoms with Crippen molar-refractivity contribution in [3.8, 4) is 0 Å². The van der Waals surface area contributed by atoms with Crippen LogP contribution in [0, 0.1) is 0 Å². The summed E-state index contributed by atoms with van der Waals surface area (Å²) in [6, 6.07) is 1.27. The molecular formula is C10H10N2O4. The van der Waals surface area contributed by atoms with E-state index in [9.17, 15) is 14.4 Å². The molecule has 1 N–H and O–H groups in total. The Bertz CT molecular complexity index is 720. The minimum absolute atomic E-state index is 0.0121. The van der Waals surface area contributed by atoms with E-state index in [1.54, 1.807) is 0 Å². The topological polar surface area (TPSA) is 85.1 Å². The Morgan fingerprint density at radius 3 is 2.69 bits per heavy atom. The Kier molecular flexibility index (Phi) is 2.26. The Morgan fingerprint density at radius 1 is 1.38 bits per heavy atom. The van der Waals surface area contributed by atoms with Crippen LogP contribution in [0.25, 0.3) is 11.1 Å². The molecule has 16 heavy (non-hydrogen) atoms. The summed E-state index contributed by atoms with van der Waals surface area (Å²) in [6.07, 6.45) is 0.517. The van der Waals surface area contributed by atoms with Crippen LogP contribution in [0.4, 0.5) is 0 Å². The zero-order chi connectivity index (χ0) is 11.9. The molecule has 0 fully saturated rings. The second kappa shape index (κ2) is 3.48. The molecule has 0 aliphatic carbocycles. The number of nitrogens with zero attached hydrogens (tertiary/aromatic N) is 1. The molecule has 2 aromatic heterocycles. The van der Waals surface area contributed by atoms with Gasteiger partial charge in [0.1, 0.15) is 5.39 Å². The van der Waals surface area contributed by atoms with Gasteiger partial charge in [0.15, 0.2) is 0 Å². The van der Waals surface area contributed by atoms with Crippen molar-refractivity contribution in [3.05, 3.63) is 42.9 Å². The normalized spacial score (nSPS) is 10.9. The van der Waals surface area contributed by atoms with E-state index in [-0.39, 0.29) is 11.1 Å². The maximum Gasteiger partial charge on any atom is 0.337 e. The van der Waals surface area contributed by atoms with Gasteiger partial charge in [0, 0.05) is 13.1 Å². The Labute approximate surface area is 89.1 Å². The predicted octanol–water partition coefficient (Wildman–Crippen LogP) is -0.258. The van der Waals surface area contributed by atoms with Gasteiger partial charge in [-0.05, 0) is 12.0 Å². The highest BCUT2D eigenvalue weighted by atomic mass is 16.4. The van der Waals surface area contributed by atoms with E-state index >= 15 is 0 Å². The van der Waals surface area contributed by atoms with Crippen LogP contribution < -0.4 is 16.9 Å². The van der Waals surface area contributed by atoms with Crippen LogP contribution in [0.2, 0.25) is 0 Å². The molecule has 0 saturated heterocycles. The number of aromatic nitrogens is 2. The third kappa shape index (κ3) is 1.39. The summed E-state index contributed by atoms with van der Waals surface area (Å²) in [5.41, 5.74) is -1.11. The van der Waals surface area contributed by atoms with Crippen molar-refractivity contribution in [2.75, 3.05) is 0 Å². The molecular weight excluding hydrogens is 212 g/mol. The molecule has 2 aromatic rings. The first-order valence-electron chi connectivity index (χ1n) is 4.80. The molecule has 0 spiro atoms. The number of fused-ring (bicyclic) bond motifs is 1. The van der Waals surface area contributed by atoms with Crippen molar-refractivity contribution < 1.29 is 4.42 Å². The fourth-order valence-corrected chi connectivity index (χ4v) is 1.62. The van der Waals surface area contributed by atoms with Crippen molar-refractivity contribution in [3.63, 3.8) is 0 Å². The summed E-state index contributed by atoms with van der Waals surface area (Å²) >= 11 is 0. The van der Waals surface area contributed by atoms with Gasteiger partial charge in [-0.3, -0.25) is 14.3 Å². The van der Waals surface area contributed by atoms with E-state index in [0.717, 1.165) is 4.57 Å². The molecule has 0 atom stereocenters. The number of H-pyrrole nitrogens is 1. The van der Waals surface area contributed by atoms with Gasteiger partial charge < -0.3 is 4.42 Å². The van der Waals surface area contributed by atoms with Crippen molar-refractivity contribution in [1.29, 1.82) is 0 Å². The summed E-state index contributed by atoms with van der Waals surface area (Å²) < 4.78 is 5.99. The van der Waals surface area contributed by atoms with Crippen LogP contribution in [0.15, 0.2) is 24.9 Å². The van der Waals surface area contributed by atoms with Gasteiger partial charge in [0.2, 0.25) is 5.71 Å². The van der Waals surface area contributed by atoms with Crippen LogP contribution in [-0.2, 0) is 13.5 Å². The number of rotatable bonds is 1. The first-order valence-corrected chi connectivity index (χ1v) is 4.80. The number of nitrogens with one attached hydrogen (secondary N) is 1. The van der Waals surface area contributed by atoms with Crippen LogP contribution in [0.5, 0.6) is 0 Å². The predicted molar refractivity (Wildman–Crippen MR) is 57.7 cm³/mol. The maximum absolute atomic E-state index is 11.6. The zero-order valence-electron chi connectivity index (χ0n) is 8.86. The third-order valence-corrected chi connectivity index (χ3v) is 2.46. The molecule has 2 rings (SSSR count). The Morgan fingerprint density at radius 2 is 2.06 bits per heavy atom. The highest BCUT2D eigenvalue weighted by Gasteiger charge is 2.11. The molecule has 2 heterocycles. The highest BCUT2D eigenvalue weighted by molar-refractivity contribution is 5.75.